The molecule has 0 unspecified atom stereocenters. The van der Waals surface area contributed by atoms with Gasteiger partial charge in [-0.2, -0.15) is 0 Å². The maximum atomic E-state index is 13.2. The van der Waals surface area contributed by atoms with Crippen LogP contribution in [0.1, 0.15) is 24.0 Å². The lowest BCUT2D eigenvalue weighted by Gasteiger charge is -2.41. The quantitative estimate of drug-likeness (QED) is 0.689. The average molecular weight is 333 g/mol. The van der Waals surface area contributed by atoms with Crippen molar-refractivity contribution in [2.45, 2.75) is 24.0 Å². The van der Waals surface area contributed by atoms with Crippen molar-refractivity contribution in [2.75, 3.05) is 13.1 Å². The van der Waals surface area contributed by atoms with Gasteiger partial charge in [-0.1, -0.05) is 60.7 Å². The lowest BCUT2D eigenvalue weighted by Crippen LogP contribution is -2.51. The van der Waals surface area contributed by atoms with Gasteiger partial charge in [0, 0.05) is 32.0 Å². The fourth-order valence-corrected chi connectivity index (χ4v) is 3.43. The average Bonchev–Trinajstić information content (AvgIpc) is 2.69. The predicted molar refractivity (Wildman–Crippen MR) is 93.3 cm³/mol. The molecule has 0 radical (unpaired) electrons. The van der Waals surface area contributed by atoms with Crippen molar-refractivity contribution in [3.8, 4) is 12.0 Å². The summed E-state index contributed by atoms with van der Waals surface area (Å²) in [6, 6.07) is 20.9. The van der Waals surface area contributed by atoms with Crippen LogP contribution in [0.4, 0.5) is 0 Å². The zero-order chi connectivity index (χ0) is 17.3. The van der Waals surface area contributed by atoms with Crippen molar-refractivity contribution in [2.24, 2.45) is 0 Å². The summed E-state index contributed by atoms with van der Waals surface area (Å²) in [5, 5.41) is 11.4. The van der Waals surface area contributed by atoms with Gasteiger partial charge in [0.2, 0.25) is 5.60 Å². The number of esters is 1. The molecule has 5 rings (SSSR count). The minimum Gasteiger partial charge on any atom is -0.443 e. The van der Waals surface area contributed by atoms with Crippen LogP contribution in [0.2, 0.25) is 0 Å². The molecule has 0 aromatic heterocycles. The molecule has 0 amide bonds. The van der Waals surface area contributed by atoms with Crippen molar-refractivity contribution in [1.29, 1.82) is 0 Å². The van der Waals surface area contributed by atoms with Crippen LogP contribution in [0.15, 0.2) is 60.7 Å². The molecule has 0 saturated carbocycles. The third-order valence-corrected chi connectivity index (χ3v) is 4.98. The van der Waals surface area contributed by atoms with Crippen LogP contribution in [-0.2, 0) is 15.1 Å². The number of benzene rings is 2. The van der Waals surface area contributed by atoms with E-state index in [1.807, 2.05) is 17.0 Å². The van der Waals surface area contributed by atoms with Gasteiger partial charge in [-0.05, 0) is 17.0 Å². The Morgan fingerprint density at radius 1 is 1.00 bits per heavy atom. The minimum absolute atomic E-state index is 0.490. The molecule has 0 atom stereocenters. The fourth-order valence-electron chi connectivity index (χ4n) is 3.43. The van der Waals surface area contributed by atoms with Gasteiger partial charge in [0.05, 0.1) is 0 Å². The molecule has 25 heavy (non-hydrogen) atoms. The Balaban J connectivity index is 1.73. The van der Waals surface area contributed by atoms with Crippen LogP contribution in [0.5, 0.6) is 0 Å². The van der Waals surface area contributed by atoms with Gasteiger partial charge < -0.3 is 14.7 Å². The summed E-state index contributed by atoms with van der Waals surface area (Å²) in [4.78, 5) is 15.2. The highest BCUT2D eigenvalue weighted by Crippen LogP contribution is 2.36. The Morgan fingerprint density at radius 3 is 1.96 bits per heavy atom. The van der Waals surface area contributed by atoms with E-state index in [1.165, 1.54) is 0 Å². The van der Waals surface area contributed by atoms with Crippen LogP contribution in [-0.4, -0.2) is 34.7 Å². The van der Waals surface area contributed by atoms with Crippen molar-refractivity contribution in [3.63, 3.8) is 0 Å². The van der Waals surface area contributed by atoms with E-state index in [1.54, 1.807) is 48.5 Å². The molecule has 0 spiro atoms. The van der Waals surface area contributed by atoms with E-state index in [0.717, 1.165) is 13.1 Å². The number of rotatable bonds is 4. The topological polar surface area (TPSA) is 49.8 Å². The van der Waals surface area contributed by atoms with Gasteiger partial charge in [0.1, 0.15) is 0 Å². The lowest BCUT2D eigenvalue weighted by molar-refractivity contribution is -0.177. The predicted octanol–water partition coefficient (Wildman–Crippen LogP) is 2.27. The first-order valence-electron chi connectivity index (χ1n) is 8.47. The van der Waals surface area contributed by atoms with Crippen molar-refractivity contribution < 1.29 is 14.6 Å². The van der Waals surface area contributed by atoms with E-state index in [9.17, 15) is 9.90 Å². The largest absolute Gasteiger partial charge is 0.443 e. The first kappa shape index (κ1) is 15.7. The van der Waals surface area contributed by atoms with Gasteiger partial charge in [-0.25, -0.2) is 4.79 Å². The highest BCUT2D eigenvalue weighted by Gasteiger charge is 2.47. The van der Waals surface area contributed by atoms with Crippen LogP contribution < -0.4 is 0 Å². The summed E-state index contributed by atoms with van der Waals surface area (Å²) in [6.45, 7) is 1.57. The van der Waals surface area contributed by atoms with Crippen molar-refractivity contribution in [3.05, 3.63) is 71.8 Å². The van der Waals surface area contributed by atoms with E-state index >= 15 is 0 Å². The monoisotopic (exact) mass is 333 g/mol. The number of ether oxygens (including phenoxy) is 1. The van der Waals surface area contributed by atoms with Gasteiger partial charge in [0.15, 0.2) is 5.60 Å². The molecular weight excluding hydrogens is 314 g/mol. The summed E-state index contributed by atoms with van der Waals surface area (Å²) >= 11 is 0. The van der Waals surface area contributed by atoms with Crippen LogP contribution >= 0.6 is 0 Å². The number of hydrogen-bond donors (Lipinski definition) is 1. The van der Waals surface area contributed by atoms with E-state index in [-0.39, 0.29) is 0 Å². The normalized spacial score (nSPS) is 17.6. The molecule has 3 aliphatic heterocycles. The molecule has 1 N–H and O–H groups in total. The highest BCUT2D eigenvalue weighted by molar-refractivity contribution is 5.86. The summed E-state index contributed by atoms with van der Waals surface area (Å²) < 4.78 is 5.85. The molecule has 3 heterocycles. The highest BCUT2D eigenvalue weighted by atomic mass is 16.6. The molecule has 0 aliphatic carbocycles. The zero-order valence-corrected chi connectivity index (χ0v) is 13.8. The summed E-state index contributed by atoms with van der Waals surface area (Å²) in [5.41, 5.74) is -1.66. The van der Waals surface area contributed by atoms with E-state index in [0.29, 0.717) is 24.0 Å². The molecular formula is C21H19NO3. The molecule has 2 bridgehead atoms. The Hall–Kier alpha value is -2.77. The lowest BCUT2D eigenvalue weighted by atomic mass is 9.85. The summed E-state index contributed by atoms with van der Waals surface area (Å²) in [7, 11) is 0. The van der Waals surface area contributed by atoms with Crippen LogP contribution in [0, 0.1) is 12.0 Å². The third kappa shape index (κ3) is 2.67. The molecule has 126 valence electrons. The smallest absolute Gasteiger partial charge is 0.349 e. The standard InChI is InChI=1S/C21H19NO3/c23-19(25-20-11-14-22(15-12-20)16-13-20)21(24,17-7-3-1-4-8-17)18-9-5-2-6-10-18/h1-10,24H,11-12,14-15H2. The van der Waals surface area contributed by atoms with Gasteiger partial charge in [-0.3, -0.25) is 0 Å². The van der Waals surface area contributed by atoms with Crippen molar-refractivity contribution in [1.82, 2.24) is 4.90 Å². The van der Waals surface area contributed by atoms with E-state index < -0.39 is 17.2 Å². The SMILES string of the molecule is O=C(OC12C#CN(CC1)CC2)C(O)(c1ccccc1)c1ccccc1. The molecule has 3 aliphatic rings. The Morgan fingerprint density at radius 2 is 1.52 bits per heavy atom. The number of fused-ring (bicyclic) bond motifs is 2. The van der Waals surface area contributed by atoms with E-state index in [4.69, 9.17) is 4.74 Å². The molecule has 4 heteroatoms. The van der Waals surface area contributed by atoms with E-state index in [2.05, 4.69) is 12.0 Å². The Labute approximate surface area is 147 Å². The molecule has 2 aromatic carbocycles. The first-order chi connectivity index (χ1) is 12.1. The number of carbonyl (C=O) groups is 1. The van der Waals surface area contributed by atoms with Crippen LogP contribution in [0.3, 0.4) is 0 Å². The number of carbonyl (C=O) groups excluding carboxylic acids is 1. The molecule has 2 aromatic rings. The van der Waals surface area contributed by atoms with Gasteiger partial charge in [-0.15, -0.1) is 0 Å². The number of piperidine rings is 1. The third-order valence-electron chi connectivity index (χ3n) is 4.98. The number of nitrogens with zero attached hydrogens (tertiary/aromatic N) is 1. The molecule has 4 nitrogen and oxygen atoms in total. The fraction of sp³-hybridized carbons (Fsp3) is 0.286. The maximum absolute atomic E-state index is 13.2. The maximum Gasteiger partial charge on any atom is 0.349 e. The second-order valence-corrected chi connectivity index (χ2v) is 6.55. The summed E-state index contributed by atoms with van der Waals surface area (Å²) in [6.07, 6.45) is 1.34. The number of hydrogen-bond acceptors (Lipinski definition) is 4. The van der Waals surface area contributed by atoms with Gasteiger partial charge >= 0.3 is 5.97 Å². The Bertz CT molecular complexity index is 788. The van der Waals surface area contributed by atoms with Crippen LogP contribution in [0.25, 0.3) is 0 Å². The second kappa shape index (κ2) is 5.94. The second-order valence-electron chi connectivity index (χ2n) is 6.55. The first-order valence-corrected chi connectivity index (χ1v) is 8.47. The molecule has 1 fully saturated rings. The van der Waals surface area contributed by atoms with Gasteiger partial charge in [0.25, 0.3) is 0 Å². The minimum atomic E-state index is -1.85. The number of aliphatic hydroxyl groups is 1. The Kier molecular flexibility index (Phi) is 3.74. The zero-order valence-electron chi connectivity index (χ0n) is 13.8. The molecule has 1 saturated heterocycles. The van der Waals surface area contributed by atoms with Crippen molar-refractivity contribution >= 4 is 5.97 Å². The summed E-state index contributed by atoms with van der Waals surface area (Å²) in [5.74, 6) is 2.39.